The van der Waals surface area contributed by atoms with Crippen molar-refractivity contribution in [3.63, 3.8) is 0 Å². The molecule has 3 N–H and O–H groups in total. The summed E-state index contributed by atoms with van der Waals surface area (Å²) >= 11 is 1.63. The third kappa shape index (κ3) is 2.82. The summed E-state index contributed by atoms with van der Waals surface area (Å²) in [6, 6.07) is 3.22. The molecular formula is C12H13N3OS. The van der Waals surface area contributed by atoms with E-state index in [1.165, 1.54) is 11.8 Å². The van der Waals surface area contributed by atoms with Crippen LogP contribution in [0.1, 0.15) is 21.6 Å². The molecule has 0 aromatic carbocycles. The first-order valence-corrected chi connectivity index (χ1v) is 6.12. The number of pyridine rings is 1. The molecule has 0 saturated heterocycles. The molecule has 0 spiro atoms. The van der Waals surface area contributed by atoms with Crippen LogP contribution in [0.25, 0.3) is 0 Å². The number of nitrogens with zero attached hydrogens (tertiary/aromatic N) is 1. The summed E-state index contributed by atoms with van der Waals surface area (Å²) in [4.78, 5) is 15.8. The molecule has 0 aliphatic rings. The monoisotopic (exact) mass is 247 g/mol. The highest BCUT2D eigenvalue weighted by atomic mass is 32.1. The van der Waals surface area contributed by atoms with Gasteiger partial charge in [-0.05, 0) is 40.9 Å². The number of hydrogen-bond donors (Lipinski definition) is 2. The van der Waals surface area contributed by atoms with Crippen molar-refractivity contribution in [3.05, 3.63) is 45.9 Å². The highest BCUT2D eigenvalue weighted by Gasteiger charge is 2.07. The normalized spacial score (nSPS) is 10.2. The van der Waals surface area contributed by atoms with E-state index < -0.39 is 0 Å². The first kappa shape index (κ1) is 11.6. The number of carbonyl (C=O) groups is 1. The zero-order valence-electron chi connectivity index (χ0n) is 9.43. The predicted octanol–water partition coefficient (Wildman–Crippen LogP) is 1.96. The number of nitrogens with two attached hydrogens (primary N) is 1. The Bertz CT molecular complexity index is 536. The van der Waals surface area contributed by atoms with Gasteiger partial charge in [-0.25, -0.2) is 0 Å². The molecule has 0 aliphatic heterocycles. The van der Waals surface area contributed by atoms with Crippen molar-refractivity contribution in [1.82, 2.24) is 10.3 Å². The van der Waals surface area contributed by atoms with Gasteiger partial charge in [0.1, 0.15) is 5.69 Å². The first-order valence-electron chi connectivity index (χ1n) is 5.18. The van der Waals surface area contributed by atoms with Gasteiger partial charge in [0.2, 0.25) is 0 Å². The number of thiophene rings is 1. The summed E-state index contributed by atoms with van der Waals surface area (Å²) in [7, 11) is 0. The van der Waals surface area contributed by atoms with Crippen molar-refractivity contribution in [3.8, 4) is 0 Å². The molecule has 2 heterocycles. The van der Waals surface area contributed by atoms with E-state index in [0.29, 0.717) is 17.9 Å². The maximum atomic E-state index is 11.8. The molecule has 2 rings (SSSR count). The summed E-state index contributed by atoms with van der Waals surface area (Å²) in [6.07, 6.45) is 1.53. The molecule has 0 radical (unpaired) electrons. The molecule has 0 saturated carbocycles. The highest BCUT2D eigenvalue weighted by molar-refractivity contribution is 7.08. The summed E-state index contributed by atoms with van der Waals surface area (Å²) < 4.78 is 0. The van der Waals surface area contributed by atoms with Gasteiger partial charge < -0.3 is 11.1 Å². The third-order valence-electron chi connectivity index (χ3n) is 2.42. The second-order valence-corrected chi connectivity index (χ2v) is 4.48. The quantitative estimate of drug-likeness (QED) is 0.871. The summed E-state index contributed by atoms with van der Waals surface area (Å²) in [5, 5.41) is 6.91. The molecule has 88 valence electrons. The van der Waals surface area contributed by atoms with E-state index in [1.807, 2.05) is 12.3 Å². The van der Waals surface area contributed by atoms with Crippen LogP contribution in [-0.4, -0.2) is 10.9 Å². The Labute approximate surface area is 103 Å². The van der Waals surface area contributed by atoms with E-state index in [4.69, 9.17) is 5.73 Å². The Morgan fingerprint density at radius 1 is 1.53 bits per heavy atom. The zero-order valence-corrected chi connectivity index (χ0v) is 10.3. The summed E-state index contributed by atoms with van der Waals surface area (Å²) in [5.41, 5.74) is 8.80. The molecule has 17 heavy (non-hydrogen) atoms. The van der Waals surface area contributed by atoms with E-state index in [-0.39, 0.29) is 5.91 Å². The van der Waals surface area contributed by atoms with Crippen LogP contribution in [0.2, 0.25) is 0 Å². The first-order chi connectivity index (χ1) is 8.16. The average molecular weight is 247 g/mol. The second-order valence-electron chi connectivity index (χ2n) is 3.74. The standard InChI is InChI=1S/C12H13N3OS/c1-8-6-17-7-9(8)5-15-12(16)11-4-10(13)2-3-14-11/h2-4,6-7H,5H2,1H3,(H2,13,14)(H,15,16). The van der Waals surface area contributed by atoms with Gasteiger partial charge >= 0.3 is 0 Å². The second kappa shape index (κ2) is 4.97. The molecule has 1 amide bonds. The van der Waals surface area contributed by atoms with E-state index in [0.717, 1.165) is 5.56 Å². The number of aryl methyl sites for hydroxylation is 1. The fourth-order valence-electron chi connectivity index (χ4n) is 1.41. The minimum atomic E-state index is -0.206. The van der Waals surface area contributed by atoms with Crippen molar-refractivity contribution >= 4 is 22.9 Å². The molecule has 0 bridgehead atoms. The van der Waals surface area contributed by atoms with Crippen molar-refractivity contribution < 1.29 is 4.79 Å². The van der Waals surface area contributed by atoms with Crippen molar-refractivity contribution in [2.45, 2.75) is 13.5 Å². The van der Waals surface area contributed by atoms with E-state index in [2.05, 4.69) is 15.7 Å². The Kier molecular flexibility index (Phi) is 3.39. The van der Waals surface area contributed by atoms with Gasteiger partial charge in [-0.3, -0.25) is 9.78 Å². The van der Waals surface area contributed by atoms with Crippen molar-refractivity contribution in [2.24, 2.45) is 0 Å². The van der Waals surface area contributed by atoms with Crippen LogP contribution >= 0.6 is 11.3 Å². The molecule has 0 atom stereocenters. The maximum Gasteiger partial charge on any atom is 0.270 e. The van der Waals surface area contributed by atoms with Crippen LogP contribution < -0.4 is 11.1 Å². The van der Waals surface area contributed by atoms with Crippen LogP contribution in [0.4, 0.5) is 5.69 Å². The fraction of sp³-hybridized carbons (Fsp3) is 0.167. The number of anilines is 1. The van der Waals surface area contributed by atoms with Crippen molar-refractivity contribution in [1.29, 1.82) is 0 Å². The van der Waals surface area contributed by atoms with Gasteiger partial charge in [0.05, 0.1) is 0 Å². The third-order valence-corrected chi connectivity index (χ3v) is 3.33. The predicted molar refractivity (Wildman–Crippen MR) is 68.9 cm³/mol. The molecule has 5 heteroatoms. The van der Waals surface area contributed by atoms with Crippen LogP contribution in [0.5, 0.6) is 0 Å². The van der Waals surface area contributed by atoms with Gasteiger partial charge in [-0.1, -0.05) is 0 Å². The molecule has 2 aromatic heterocycles. The Balaban J connectivity index is 2.01. The van der Waals surface area contributed by atoms with Gasteiger partial charge in [0.15, 0.2) is 0 Å². The lowest BCUT2D eigenvalue weighted by molar-refractivity contribution is 0.0946. The Morgan fingerprint density at radius 2 is 2.35 bits per heavy atom. The topological polar surface area (TPSA) is 68.0 Å². The molecule has 2 aromatic rings. The summed E-state index contributed by atoms with van der Waals surface area (Å²) in [6.45, 7) is 2.54. The summed E-state index contributed by atoms with van der Waals surface area (Å²) in [5.74, 6) is -0.206. The molecule has 4 nitrogen and oxygen atoms in total. The number of nitrogen functional groups attached to an aromatic ring is 1. The molecule has 0 fully saturated rings. The van der Waals surface area contributed by atoms with Crippen LogP contribution in [-0.2, 0) is 6.54 Å². The Hall–Kier alpha value is -1.88. The van der Waals surface area contributed by atoms with Crippen molar-refractivity contribution in [2.75, 3.05) is 5.73 Å². The van der Waals surface area contributed by atoms with Gasteiger partial charge in [-0.15, -0.1) is 0 Å². The molecule has 0 aliphatic carbocycles. The maximum absolute atomic E-state index is 11.8. The van der Waals surface area contributed by atoms with E-state index in [1.54, 1.807) is 23.5 Å². The van der Waals surface area contributed by atoms with Crippen LogP contribution in [0.3, 0.4) is 0 Å². The number of amides is 1. The van der Waals surface area contributed by atoms with Crippen LogP contribution in [0.15, 0.2) is 29.1 Å². The number of rotatable bonds is 3. The lowest BCUT2D eigenvalue weighted by atomic mass is 10.2. The van der Waals surface area contributed by atoms with Crippen LogP contribution in [0, 0.1) is 6.92 Å². The highest BCUT2D eigenvalue weighted by Crippen LogP contribution is 2.13. The smallest absolute Gasteiger partial charge is 0.270 e. The lowest BCUT2D eigenvalue weighted by Gasteiger charge is -2.04. The SMILES string of the molecule is Cc1cscc1CNC(=O)c1cc(N)ccn1. The van der Waals surface area contributed by atoms with E-state index in [9.17, 15) is 4.79 Å². The zero-order chi connectivity index (χ0) is 12.3. The number of aromatic nitrogens is 1. The van der Waals surface area contributed by atoms with Gasteiger partial charge in [0, 0.05) is 18.4 Å². The number of nitrogens with one attached hydrogen (secondary N) is 1. The molecular weight excluding hydrogens is 234 g/mol. The lowest BCUT2D eigenvalue weighted by Crippen LogP contribution is -2.23. The average Bonchev–Trinajstić information content (AvgIpc) is 2.72. The number of carbonyl (C=O) groups excluding carboxylic acids is 1. The van der Waals surface area contributed by atoms with Gasteiger partial charge in [0.25, 0.3) is 5.91 Å². The fourth-order valence-corrected chi connectivity index (χ4v) is 2.26. The minimum absolute atomic E-state index is 0.206. The molecule has 0 unspecified atom stereocenters. The minimum Gasteiger partial charge on any atom is -0.399 e. The van der Waals surface area contributed by atoms with E-state index >= 15 is 0 Å². The Morgan fingerprint density at radius 3 is 3.00 bits per heavy atom. The number of hydrogen-bond acceptors (Lipinski definition) is 4. The van der Waals surface area contributed by atoms with Gasteiger partial charge in [-0.2, -0.15) is 11.3 Å². The largest absolute Gasteiger partial charge is 0.399 e.